The molecule has 2 aromatic rings. The molecule has 1 aliphatic carbocycles. The summed E-state index contributed by atoms with van der Waals surface area (Å²) >= 11 is 0. The number of aromatic amines is 1. The molecule has 126 valence electrons. The first-order valence-corrected chi connectivity index (χ1v) is 8.73. The average molecular weight is 326 g/mol. The minimum atomic E-state index is -0.0599. The van der Waals surface area contributed by atoms with Gasteiger partial charge in [0.15, 0.2) is 0 Å². The van der Waals surface area contributed by atoms with Gasteiger partial charge in [0.05, 0.1) is 17.4 Å². The summed E-state index contributed by atoms with van der Waals surface area (Å²) in [6.45, 7) is 1.50. The van der Waals surface area contributed by atoms with Gasteiger partial charge < -0.3 is 15.2 Å². The summed E-state index contributed by atoms with van der Waals surface area (Å²) in [4.78, 5) is 33.8. The number of nitrogens with zero attached hydrogens (tertiary/aromatic N) is 2. The number of benzene rings is 1. The molecule has 1 saturated heterocycles. The van der Waals surface area contributed by atoms with Crippen molar-refractivity contribution in [3.05, 3.63) is 30.1 Å². The van der Waals surface area contributed by atoms with E-state index in [-0.39, 0.29) is 17.9 Å². The highest BCUT2D eigenvalue weighted by atomic mass is 16.2. The molecule has 0 spiro atoms. The molecular formula is C18H22N4O2. The fourth-order valence-corrected chi connectivity index (χ4v) is 3.50. The van der Waals surface area contributed by atoms with Gasteiger partial charge in [0.1, 0.15) is 0 Å². The molecule has 2 N–H and O–H groups in total. The van der Waals surface area contributed by atoms with Crippen LogP contribution in [0.25, 0.3) is 11.0 Å². The predicted octanol–water partition coefficient (Wildman–Crippen LogP) is 2.08. The number of piperidine rings is 1. The lowest BCUT2D eigenvalue weighted by Crippen LogP contribution is -2.48. The maximum Gasteiger partial charge on any atom is 0.251 e. The molecule has 0 unspecified atom stereocenters. The van der Waals surface area contributed by atoms with Crippen LogP contribution in [-0.4, -0.2) is 45.8 Å². The van der Waals surface area contributed by atoms with Gasteiger partial charge in [0, 0.05) is 30.6 Å². The van der Waals surface area contributed by atoms with Crippen molar-refractivity contribution in [3.8, 4) is 0 Å². The first-order chi connectivity index (χ1) is 11.7. The van der Waals surface area contributed by atoms with E-state index in [2.05, 4.69) is 15.3 Å². The number of fused-ring (bicyclic) bond motifs is 1. The van der Waals surface area contributed by atoms with Crippen molar-refractivity contribution in [1.82, 2.24) is 20.2 Å². The van der Waals surface area contributed by atoms with Gasteiger partial charge >= 0.3 is 0 Å². The molecule has 2 aliphatic rings. The molecule has 4 rings (SSSR count). The normalized spacial score (nSPS) is 19.2. The summed E-state index contributed by atoms with van der Waals surface area (Å²) in [6.07, 6.45) is 6.56. The van der Waals surface area contributed by atoms with Crippen molar-refractivity contribution < 1.29 is 9.59 Å². The second-order valence-corrected chi connectivity index (χ2v) is 6.84. The van der Waals surface area contributed by atoms with Gasteiger partial charge in [0.2, 0.25) is 5.91 Å². The molecule has 2 amide bonds. The SMILES string of the molecule is O=C(NC1CCN(C(=O)C2CCC2)CC1)c1ccc2nc[nH]c2c1. The molecule has 0 radical (unpaired) electrons. The van der Waals surface area contributed by atoms with Gasteiger partial charge in [-0.25, -0.2) is 4.98 Å². The Hall–Kier alpha value is -2.37. The number of imidazole rings is 1. The lowest BCUT2D eigenvalue weighted by Gasteiger charge is -2.36. The summed E-state index contributed by atoms with van der Waals surface area (Å²) in [5.41, 5.74) is 2.36. The Bertz CT molecular complexity index is 757. The number of rotatable bonds is 3. The minimum Gasteiger partial charge on any atom is -0.349 e. The van der Waals surface area contributed by atoms with E-state index in [0.717, 1.165) is 49.8 Å². The lowest BCUT2D eigenvalue weighted by molar-refractivity contribution is -0.139. The van der Waals surface area contributed by atoms with Crippen LogP contribution in [0.5, 0.6) is 0 Å². The molecule has 0 bridgehead atoms. The van der Waals surface area contributed by atoms with Crippen LogP contribution in [0.15, 0.2) is 24.5 Å². The number of aromatic nitrogens is 2. The zero-order valence-corrected chi connectivity index (χ0v) is 13.6. The zero-order valence-electron chi connectivity index (χ0n) is 13.6. The first-order valence-electron chi connectivity index (χ1n) is 8.73. The van der Waals surface area contributed by atoms with Crippen LogP contribution >= 0.6 is 0 Å². The molecule has 6 heteroatoms. The number of nitrogens with one attached hydrogen (secondary N) is 2. The van der Waals surface area contributed by atoms with Crippen LogP contribution in [0.2, 0.25) is 0 Å². The van der Waals surface area contributed by atoms with Crippen LogP contribution < -0.4 is 5.32 Å². The molecule has 6 nitrogen and oxygen atoms in total. The standard InChI is InChI=1S/C18H22N4O2/c23-17(13-4-5-15-16(10-13)20-11-19-15)21-14-6-8-22(9-7-14)18(24)12-2-1-3-12/h4-5,10-12,14H,1-3,6-9H2,(H,19,20)(H,21,23). The number of amides is 2. The number of carbonyl (C=O) groups is 2. The largest absolute Gasteiger partial charge is 0.349 e. The Morgan fingerprint density at radius 3 is 2.67 bits per heavy atom. The van der Waals surface area contributed by atoms with E-state index in [9.17, 15) is 9.59 Å². The third-order valence-corrected chi connectivity index (χ3v) is 5.28. The number of H-pyrrole nitrogens is 1. The van der Waals surface area contributed by atoms with Gasteiger partial charge in [-0.2, -0.15) is 0 Å². The Balaban J connectivity index is 1.32. The van der Waals surface area contributed by atoms with E-state index in [1.165, 1.54) is 6.42 Å². The third-order valence-electron chi connectivity index (χ3n) is 5.28. The summed E-state index contributed by atoms with van der Waals surface area (Å²) in [6, 6.07) is 5.61. The highest BCUT2D eigenvalue weighted by Gasteiger charge is 2.31. The summed E-state index contributed by atoms with van der Waals surface area (Å²) < 4.78 is 0. The van der Waals surface area contributed by atoms with Crippen molar-refractivity contribution in [2.45, 2.75) is 38.1 Å². The van der Waals surface area contributed by atoms with Crippen molar-refractivity contribution in [2.24, 2.45) is 5.92 Å². The van der Waals surface area contributed by atoms with Crippen molar-refractivity contribution >= 4 is 22.8 Å². The fraction of sp³-hybridized carbons (Fsp3) is 0.500. The van der Waals surface area contributed by atoms with Crippen molar-refractivity contribution in [2.75, 3.05) is 13.1 Å². The van der Waals surface area contributed by atoms with Crippen molar-refractivity contribution in [1.29, 1.82) is 0 Å². The molecule has 2 fully saturated rings. The Morgan fingerprint density at radius 2 is 1.96 bits per heavy atom. The molecule has 1 aromatic heterocycles. The van der Waals surface area contributed by atoms with Gasteiger partial charge in [-0.1, -0.05) is 6.42 Å². The van der Waals surface area contributed by atoms with E-state index in [1.807, 2.05) is 17.0 Å². The quantitative estimate of drug-likeness (QED) is 0.906. The molecular weight excluding hydrogens is 304 g/mol. The molecule has 24 heavy (non-hydrogen) atoms. The van der Waals surface area contributed by atoms with Crippen LogP contribution in [-0.2, 0) is 4.79 Å². The number of hydrogen-bond acceptors (Lipinski definition) is 3. The van der Waals surface area contributed by atoms with Gasteiger partial charge in [-0.3, -0.25) is 9.59 Å². The molecule has 1 saturated carbocycles. The number of carbonyl (C=O) groups excluding carboxylic acids is 2. The zero-order chi connectivity index (χ0) is 16.5. The average Bonchev–Trinajstić information content (AvgIpc) is 3.01. The molecule has 1 aromatic carbocycles. The van der Waals surface area contributed by atoms with Gasteiger partial charge in [-0.15, -0.1) is 0 Å². The van der Waals surface area contributed by atoms with Crippen LogP contribution in [0, 0.1) is 5.92 Å². The van der Waals surface area contributed by atoms with Gasteiger partial charge in [-0.05, 0) is 43.9 Å². The van der Waals surface area contributed by atoms with Crippen LogP contribution in [0.4, 0.5) is 0 Å². The molecule has 0 atom stereocenters. The molecule has 2 heterocycles. The van der Waals surface area contributed by atoms with Crippen molar-refractivity contribution in [3.63, 3.8) is 0 Å². The second kappa shape index (κ2) is 6.26. The fourth-order valence-electron chi connectivity index (χ4n) is 3.50. The van der Waals surface area contributed by atoms with E-state index in [4.69, 9.17) is 0 Å². The highest BCUT2D eigenvalue weighted by Crippen LogP contribution is 2.29. The maximum absolute atomic E-state index is 12.4. The Kier molecular flexibility index (Phi) is 3.96. The topological polar surface area (TPSA) is 78.1 Å². The summed E-state index contributed by atoms with van der Waals surface area (Å²) in [5.74, 6) is 0.517. The van der Waals surface area contributed by atoms with E-state index >= 15 is 0 Å². The monoisotopic (exact) mass is 326 g/mol. The van der Waals surface area contributed by atoms with Crippen LogP contribution in [0.3, 0.4) is 0 Å². The Labute approximate surface area is 140 Å². The second-order valence-electron chi connectivity index (χ2n) is 6.84. The van der Waals surface area contributed by atoms with E-state index in [1.54, 1.807) is 12.4 Å². The summed E-state index contributed by atoms with van der Waals surface area (Å²) in [5, 5.41) is 3.10. The maximum atomic E-state index is 12.4. The van der Waals surface area contributed by atoms with Gasteiger partial charge in [0.25, 0.3) is 5.91 Å². The number of likely N-dealkylation sites (tertiary alicyclic amines) is 1. The van der Waals surface area contributed by atoms with Crippen LogP contribution in [0.1, 0.15) is 42.5 Å². The predicted molar refractivity (Wildman–Crippen MR) is 90.5 cm³/mol. The molecule has 1 aliphatic heterocycles. The lowest BCUT2D eigenvalue weighted by atomic mass is 9.84. The third kappa shape index (κ3) is 2.88. The summed E-state index contributed by atoms with van der Waals surface area (Å²) in [7, 11) is 0. The number of hydrogen-bond donors (Lipinski definition) is 2. The Morgan fingerprint density at radius 1 is 1.17 bits per heavy atom. The highest BCUT2D eigenvalue weighted by molar-refractivity contribution is 5.97. The first kappa shape index (κ1) is 15.2. The minimum absolute atomic E-state index is 0.0599. The van der Waals surface area contributed by atoms with E-state index in [0.29, 0.717) is 11.5 Å². The smallest absolute Gasteiger partial charge is 0.251 e. The van der Waals surface area contributed by atoms with E-state index < -0.39 is 0 Å².